The van der Waals surface area contributed by atoms with E-state index in [0.29, 0.717) is 41.3 Å². The molecule has 10 nitrogen and oxygen atoms in total. The van der Waals surface area contributed by atoms with E-state index in [1.165, 1.54) is 17.7 Å². The lowest BCUT2D eigenvalue weighted by Gasteiger charge is -2.50. The number of methoxy groups -OCH3 is 1. The first-order valence-corrected chi connectivity index (χ1v) is 16.7. The predicted molar refractivity (Wildman–Crippen MR) is 167 cm³/mol. The highest BCUT2D eigenvalue weighted by Crippen LogP contribution is 2.52. The molecule has 3 saturated carbocycles. The van der Waals surface area contributed by atoms with Crippen LogP contribution in [0.3, 0.4) is 0 Å². The number of nitrogens with zero attached hydrogens (tertiary/aromatic N) is 3. The standard InChI is InChI=1S/C35H47N3O7/c1-19-29-18-38(31(19)34(41)42)33(40)24(35(2,3)4)17-30(39)44-28-15-20-13-21(14-20)23(28)9-7-6-8-10-26-32(45-29)37-27-16-22(43-5)11-12-25(27)36-26/h11-12,16,19-21,23-24,28-29,31H,6-10,13-15,17-18H2,1-5H3,(H,41,42)/t19-,20?,21?,23-,24-,28-,29+,31+/m1/s1. The van der Waals surface area contributed by atoms with Crippen molar-refractivity contribution in [3.63, 3.8) is 0 Å². The largest absolute Gasteiger partial charge is 0.497 e. The molecule has 1 amide bonds. The number of hydrogen-bond donors (Lipinski definition) is 1. The SMILES string of the molecule is COc1ccc2nc3c(nc2c1)O[C@H]1CN(C(=O)[C@H](C(C)(C)C)CC(=O)O[C@@H]2CC4CC(C4)[C@H]2CCCCC3)[C@H](C(=O)O)[C@@H]1C. The molecule has 7 rings (SSSR count). The highest BCUT2D eigenvalue weighted by molar-refractivity contribution is 5.89. The molecule has 10 heteroatoms. The maximum atomic E-state index is 14.2. The van der Waals surface area contributed by atoms with E-state index in [0.717, 1.165) is 43.3 Å². The highest BCUT2D eigenvalue weighted by atomic mass is 16.5. The van der Waals surface area contributed by atoms with Crippen molar-refractivity contribution >= 4 is 28.9 Å². The molecule has 4 fully saturated rings. The van der Waals surface area contributed by atoms with E-state index in [2.05, 4.69) is 0 Å². The molecule has 244 valence electrons. The van der Waals surface area contributed by atoms with Gasteiger partial charge in [-0.25, -0.2) is 14.8 Å². The van der Waals surface area contributed by atoms with E-state index in [4.69, 9.17) is 24.2 Å². The molecule has 6 atom stereocenters. The van der Waals surface area contributed by atoms with Crippen LogP contribution in [0.5, 0.6) is 11.6 Å². The quantitative estimate of drug-likeness (QED) is 0.436. The van der Waals surface area contributed by atoms with Crippen LogP contribution >= 0.6 is 0 Å². The summed E-state index contributed by atoms with van der Waals surface area (Å²) in [6.45, 7) is 7.63. The molecule has 1 N–H and O–H groups in total. The predicted octanol–water partition coefficient (Wildman–Crippen LogP) is 5.44. The van der Waals surface area contributed by atoms with Crippen molar-refractivity contribution in [1.29, 1.82) is 0 Å². The fraction of sp³-hybridized carbons (Fsp3) is 0.686. The second kappa shape index (κ2) is 12.4. The average Bonchev–Trinajstić information content (AvgIpc) is 3.29. The van der Waals surface area contributed by atoms with Gasteiger partial charge in [-0.15, -0.1) is 0 Å². The average molecular weight is 622 g/mol. The van der Waals surface area contributed by atoms with Crippen molar-refractivity contribution in [1.82, 2.24) is 14.9 Å². The third-order valence-electron chi connectivity index (χ3n) is 10.9. The van der Waals surface area contributed by atoms with Crippen LogP contribution in [0.4, 0.5) is 0 Å². The van der Waals surface area contributed by atoms with E-state index in [9.17, 15) is 19.5 Å². The van der Waals surface area contributed by atoms with Gasteiger partial charge in [-0.2, -0.15) is 0 Å². The van der Waals surface area contributed by atoms with E-state index in [-0.39, 0.29) is 30.9 Å². The molecule has 0 unspecified atom stereocenters. The second-order valence-corrected chi connectivity index (χ2v) is 14.9. The molecule has 4 bridgehead atoms. The van der Waals surface area contributed by atoms with Gasteiger partial charge in [0, 0.05) is 12.0 Å². The van der Waals surface area contributed by atoms with Gasteiger partial charge >= 0.3 is 11.9 Å². The Morgan fingerprint density at radius 2 is 1.80 bits per heavy atom. The molecule has 2 aromatic rings. The Hall–Kier alpha value is -3.43. The summed E-state index contributed by atoms with van der Waals surface area (Å²) in [7, 11) is 1.60. The summed E-state index contributed by atoms with van der Waals surface area (Å²) in [5.74, 6) is -0.503. The van der Waals surface area contributed by atoms with Gasteiger partial charge in [-0.05, 0) is 73.8 Å². The van der Waals surface area contributed by atoms with Crippen molar-refractivity contribution in [2.45, 2.75) is 104 Å². The number of carbonyl (C=O) groups excluding carboxylic acids is 2. The van der Waals surface area contributed by atoms with Gasteiger partial charge in [0.1, 0.15) is 29.7 Å². The van der Waals surface area contributed by atoms with Gasteiger partial charge in [-0.1, -0.05) is 40.5 Å². The van der Waals surface area contributed by atoms with Crippen molar-refractivity contribution in [2.75, 3.05) is 13.7 Å². The molecule has 45 heavy (non-hydrogen) atoms. The monoisotopic (exact) mass is 621 g/mol. The summed E-state index contributed by atoms with van der Waals surface area (Å²) in [6.07, 6.45) is 7.12. The summed E-state index contributed by atoms with van der Waals surface area (Å²) in [6, 6.07) is 4.45. The van der Waals surface area contributed by atoms with Gasteiger partial charge < -0.3 is 24.2 Å². The zero-order valence-electron chi connectivity index (χ0n) is 27.2. The molecule has 0 radical (unpaired) electrons. The maximum absolute atomic E-state index is 14.2. The molecule has 3 aliphatic carbocycles. The number of aryl methyl sites for hydroxylation is 1. The Morgan fingerprint density at radius 3 is 2.51 bits per heavy atom. The first-order chi connectivity index (χ1) is 21.4. The minimum absolute atomic E-state index is 0.0733. The molecule has 1 aromatic heterocycles. The van der Waals surface area contributed by atoms with Crippen LogP contribution in [0.25, 0.3) is 11.0 Å². The normalized spacial score (nSPS) is 32.7. The Labute approximate surface area is 265 Å². The van der Waals surface area contributed by atoms with Gasteiger partial charge in [0.15, 0.2) is 0 Å². The summed E-state index contributed by atoms with van der Waals surface area (Å²) in [5, 5.41) is 10.3. The number of ether oxygens (including phenoxy) is 3. The molecular weight excluding hydrogens is 574 g/mol. The number of aliphatic carboxylic acids is 1. The van der Waals surface area contributed by atoms with Crippen LogP contribution in [0.15, 0.2) is 18.2 Å². The number of carboxylic acids is 1. The van der Waals surface area contributed by atoms with Gasteiger partial charge in [0.2, 0.25) is 11.8 Å². The van der Waals surface area contributed by atoms with Crippen molar-refractivity contribution in [3.05, 3.63) is 23.9 Å². The number of carboxylic acid groups (broad SMARTS) is 1. The van der Waals surface area contributed by atoms with Crippen molar-refractivity contribution < 1.29 is 33.7 Å². The summed E-state index contributed by atoms with van der Waals surface area (Å²) in [4.78, 5) is 51.5. The highest BCUT2D eigenvalue weighted by Gasteiger charge is 2.51. The smallest absolute Gasteiger partial charge is 0.326 e. The Balaban J connectivity index is 1.36. The number of fused-ring (bicyclic) bond motifs is 4. The van der Waals surface area contributed by atoms with Crippen LogP contribution in [-0.4, -0.2) is 69.7 Å². The van der Waals surface area contributed by atoms with Crippen LogP contribution in [-0.2, 0) is 25.5 Å². The zero-order chi connectivity index (χ0) is 32.0. The topological polar surface area (TPSA) is 128 Å². The number of rotatable bonds is 2. The first kappa shape index (κ1) is 31.5. The number of hydrogen-bond acceptors (Lipinski definition) is 8. The molecule has 1 aromatic carbocycles. The second-order valence-electron chi connectivity index (χ2n) is 14.9. The summed E-state index contributed by atoms with van der Waals surface area (Å²) >= 11 is 0. The lowest BCUT2D eigenvalue weighted by atomic mass is 9.57. The minimum Gasteiger partial charge on any atom is -0.497 e. The van der Waals surface area contributed by atoms with Gasteiger partial charge in [0.25, 0.3) is 0 Å². The summed E-state index contributed by atoms with van der Waals surface area (Å²) in [5.41, 5.74) is 1.50. The Morgan fingerprint density at radius 1 is 1.02 bits per heavy atom. The fourth-order valence-corrected chi connectivity index (χ4v) is 8.16. The third-order valence-corrected chi connectivity index (χ3v) is 10.9. The molecular formula is C35H47N3O7. The number of amides is 1. The van der Waals surface area contributed by atoms with Gasteiger partial charge in [0.05, 0.1) is 37.0 Å². The van der Waals surface area contributed by atoms with E-state index < -0.39 is 35.4 Å². The van der Waals surface area contributed by atoms with Crippen molar-refractivity contribution in [2.24, 2.45) is 35.0 Å². The zero-order valence-corrected chi connectivity index (χ0v) is 27.2. The fourth-order valence-electron chi connectivity index (χ4n) is 8.16. The lowest BCUT2D eigenvalue weighted by molar-refractivity contribution is -0.168. The Bertz CT molecular complexity index is 1450. The van der Waals surface area contributed by atoms with Crippen LogP contribution in [0, 0.1) is 35.0 Å². The van der Waals surface area contributed by atoms with Crippen molar-refractivity contribution in [3.8, 4) is 11.6 Å². The Kier molecular flexibility index (Phi) is 8.69. The van der Waals surface area contributed by atoms with Gasteiger partial charge in [-0.3, -0.25) is 9.59 Å². The van der Waals surface area contributed by atoms with E-state index in [1.54, 1.807) is 14.0 Å². The molecule has 2 aliphatic heterocycles. The van der Waals surface area contributed by atoms with Crippen LogP contribution in [0.1, 0.15) is 84.8 Å². The van der Waals surface area contributed by atoms with E-state index in [1.807, 2.05) is 39.0 Å². The maximum Gasteiger partial charge on any atom is 0.326 e. The number of aromatic nitrogens is 2. The molecule has 3 heterocycles. The number of esters is 1. The van der Waals surface area contributed by atoms with E-state index >= 15 is 0 Å². The number of benzene rings is 1. The molecule has 5 aliphatic rings. The molecule has 1 saturated heterocycles. The van der Waals surface area contributed by atoms with Crippen LogP contribution in [0.2, 0.25) is 0 Å². The molecule has 0 spiro atoms. The minimum atomic E-state index is -1.10. The third kappa shape index (κ3) is 6.34. The first-order valence-electron chi connectivity index (χ1n) is 16.7. The summed E-state index contributed by atoms with van der Waals surface area (Å²) < 4.78 is 18.1. The lowest BCUT2D eigenvalue weighted by Crippen LogP contribution is -2.49. The van der Waals surface area contributed by atoms with Crippen LogP contribution < -0.4 is 9.47 Å². The number of carbonyl (C=O) groups is 3.